The van der Waals surface area contributed by atoms with E-state index in [4.69, 9.17) is 0 Å². The van der Waals surface area contributed by atoms with Gasteiger partial charge < -0.3 is 5.11 Å². The molecular formula is C19H24O2. The molecule has 1 unspecified atom stereocenters. The van der Waals surface area contributed by atoms with Gasteiger partial charge in [0.1, 0.15) is 6.10 Å². The zero-order chi connectivity index (χ0) is 16.2. The van der Waals surface area contributed by atoms with Crippen LogP contribution in [0.4, 0.5) is 0 Å². The molecule has 1 N–H and O–H groups in total. The quantitative estimate of drug-likeness (QED) is 0.619. The van der Waals surface area contributed by atoms with Crippen molar-refractivity contribution in [2.45, 2.75) is 47.1 Å². The lowest BCUT2D eigenvalue weighted by Gasteiger charge is -2.31. The zero-order valence-corrected chi connectivity index (χ0v) is 13.6. The predicted molar refractivity (Wildman–Crippen MR) is 87.6 cm³/mol. The highest BCUT2D eigenvalue weighted by atomic mass is 16.3. The highest BCUT2D eigenvalue weighted by Crippen LogP contribution is 2.38. The first-order chi connectivity index (χ1) is 9.63. The van der Waals surface area contributed by atoms with Crippen molar-refractivity contribution < 1.29 is 9.90 Å². The molecule has 2 nitrogen and oxygen atoms in total. The molecule has 0 spiro atoms. The standard InChI is InChI=1S/C19H24O2/c1-13(2)18(21)10-8-14(3)7-9-17-15(4)11-16(20)12-19(17,5)6/h7,9,11,18,21H,1,12H2,2-6H3/b14-7+,17-9+. The van der Waals surface area contributed by atoms with Crippen LogP contribution in [0.3, 0.4) is 0 Å². The molecule has 0 heterocycles. The third-order valence-electron chi connectivity index (χ3n) is 3.52. The Morgan fingerprint density at radius 2 is 2.10 bits per heavy atom. The third kappa shape index (κ3) is 4.88. The van der Waals surface area contributed by atoms with Crippen molar-refractivity contribution in [3.8, 4) is 11.8 Å². The molecule has 0 fully saturated rings. The van der Waals surface area contributed by atoms with Crippen molar-refractivity contribution in [3.63, 3.8) is 0 Å². The van der Waals surface area contributed by atoms with Gasteiger partial charge in [-0.25, -0.2) is 0 Å². The van der Waals surface area contributed by atoms with Crippen LogP contribution >= 0.6 is 0 Å². The summed E-state index contributed by atoms with van der Waals surface area (Å²) in [5.41, 5.74) is 3.51. The Morgan fingerprint density at radius 1 is 1.48 bits per heavy atom. The van der Waals surface area contributed by atoms with Crippen molar-refractivity contribution >= 4 is 5.78 Å². The second-order valence-electron chi connectivity index (χ2n) is 6.30. The number of hydrogen-bond donors (Lipinski definition) is 1. The van der Waals surface area contributed by atoms with E-state index in [0.717, 1.165) is 16.7 Å². The highest BCUT2D eigenvalue weighted by Gasteiger charge is 2.30. The van der Waals surface area contributed by atoms with Crippen LogP contribution in [0.25, 0.3) is 0 Å². The summed E-state index contributed by atoms with van der Waals surface area (Å²) in [4.78, 5) is 11.6. The molecule has 1 rings (SSSR count). The normalized spacial score (nSPS) is 21.4. The van der Waals surface area contributed by atoms with Gasteiger partial charge in [-0.05, 0) is 54.6 Å². The van der Waals surface area contributed by atoms with Gasteiger partial charge in [-0.3, -0.25) is 4.79 Å². The molecule has 112 valence electrons. The van der Waals surface area contributed by atoms with E-state index < -0.39 is 6.10 Å². The van der Waals surface area contributed by atoms with Gasteiger partial charge in [0, 0.05) is 6.42 Å². The van der Waals surface area contributed by atoms with Gasteiger partial charge >= 0.3 is 0 Å². The van der Waals surface area contributed by atoms with E-state index in [1.165, 1.54) is 0 Å². The predicted octanol–water partition coefficient (Wildman–Crippen LogP) is 3.74. The molecule has 0 saturated heterocycles. The molecule has 1 aliphatic carbocycles. The summed E-state index contributed by atoms with van der Waals surface area (Å²) in [5.74, 6) is 5.85. The van der Waals surface area contributed by atoms with E-state index in [1.54, 1.807) is 13.0 Å². The smallest absolute Gasteiger partial charge is 0.156 e. The molecular weight excluding hydrogens is 260 g/mol. The molecule has 21 heavy (non-hydrogen) atoms. The summed E-state index contributed by atoms with van der Waals surface area (Å²) < 4.78 is 0. The Labute approximate surface area is 127 Å². The lowest BCUT2D eigenvalue weighted by atomic mass is 9.72. The molecule has 0 amide bonds. The van der Waals surface area contributed by atoms with Gasteiger partial charge in [0.2, 0.25) is 0 Å². The lowest BCUT2D eigenvalue weighted by molar-refractivity contribution is -0.116. The van der Waals surface area contributed by atoms with E-state index in [2.05, 4.69) is 32.3 Å². The third-order valence-corrected chi connectivity index (χ3v) is 3.52. The first kappa shape index (κ1) is 17.2. The van der Waals surface area contributed by atoms with Crippen LogP contribution in [0.15, 0.2) is 47.1 Å². The number of aliphatic hydroxyl groups is 1. The van der Waals surface area contributed by atoms with Crippen molar-refractivity contribution in [2.24, 2.45) is 5.41 Å². The molecule has 0 aromatic heterocycles. The van der Waals surface area contributed by atoms with Crippen molar-refractivity contribution in [1.29, 1.82) is 0 Å². The van der Waals surface area contributed by atoms with Crippen molar-refractivity contribution in [2.75, 3.05) is 0 Å². The average Bonchev–Trinajstić information content (AvgIpc) is 2.33. The van der Waals surface area contributed by atoms with E-state index in [-0.39, 0.29) is 11.2 Å². The van der Waals surface area contributed by atoms with E-state index in [0.29, 0.717) is 12.0 Å². The molecule has 2 heteroatoms. The summed E-state index contributed by atoms with van der Waals surface area (Å²) in [7, 11) is 0. The van der Waals surface area contributed by atoms with Crippen LogP contribution in [-0.4, -0.2) is 17.0 Å². The van der Waals surface area contributed by atoms with E-state index >= 15 is 0 Å². The number of allylic oxidation sites excluding steroid dienone is 6. The SMILES string of the molecule is C=C(C)C(O)C#C/C(C)=C/C=C1\C(C)=CC(=O)CC1(C)C. The fourth-order valence-corrected chi connectivity index (χ4v) is 2.35. The monoisotopic (exact) mass is 284 g/mol. The molecule has 0 aromatic rings. The van der Waals surface area contributed by atoms with Crippen LogP contribution in [-0.2, 0) is 4.79 Å². The minimum Gasteiger partial charge on any atom is -0.376 e. The minimum atomic E-state index is -0.786. The second-order valence-corrected chi connectivity index (χ2v) is 6.30. The van der Waals surface area contributed by atoms with E-state index in [9.17, 15) is 9.90 Å². The number of rotatable bonds is 2. The maximum atomic E-state index is 11.6. The van der Waals surface area contributed by atoms with Crippen LogP contribution in [0.5, 0.6) is 0 Å². The first-order valence-corrected chi connectivity index (χ1v) is 7.09. The van der Waals surface area contributed by atoms with Crippen LogP contribution in [0.1, 0.15) is 41.0 Å². The molecule has 0 saturated carbocycles. The molecule has 0 radical (unpaired) electrons. The maximum absolute atomic E-state index is 11.6. The molecule has 1 aliphatic rings. The molecule has 0 aromatic carbocycles. The Balaban J connectivity index is 3.02. The second kappa shape index (κ2) is 6.74. The number of carbonyl (C=O) groups is 1. The maximum Gasteiger partial charge on any atom is 0.156 e. The lowest BCUT2D eigenvalue weighted by Crippen LogP contribution is -2.24. The van der Waals surface area contributed by atoms with Crippen LogP contribution < -0.4 is 0 Å². The summed E-state index contributed by atoms with van der Waals surface area (Å²) in [6.45, 7) is 13.4. The number of aliphatic hydroxyl groups excluding tert-OH is 1. The zero-order valence-electron chi connectivity index (χ0n) is 13.6. The Morgan fingerprint density at radius 3 is 2.62 bits per heavy atom. The Bertz CT molecular complexity index is 601. The van der Waals surface area contributed by atoms with Crippen molar-refractivity contribution in [1.82, 2.24) is 0 Å². The summed E-state index contributed by atoms with van der Waals surface area (Å²) in [6, 6.07) is 0. The Hall–Kier alpha value is -1.85. The fourth-order valence-electron chi connectivity index (χ4n) is 2.35. The van der Waals surface area contributed by atoms with Gasteiger partial charge in [-0.2, -0.15) is 0 Å². The average molecular weight is 284 g/mol. The topological polar surface area (TPSA) is 37.3 Å². The molecule has 1 atom stereocenters. The summed E-state index contributed by atoms with van der Waals surface area (Å²) in [6.07, 6.45) is 5.41. The number of hydrogen-bond acceptors (Lipinski definition) is 2. The van der Waals surface area contributed by atoms with Crippen LogP contribution in [0.2, 0.25) is 0 Å². The highest BCUT2D eigenvalue weighted by molar-refractivity contribution is 5.93. The van der Waals surface area contributed by atoms with Crippen LogP contribution in [0, 0.1) is 17.3 Å². The van der Waals surface area contributed by atoms with Gasteiger partial charge in [-0.15, -0.1) is 0 Å². The van der Waals surface area contributed by atoms with E-state index in [1.807, 2.05) is 26.0 Å². The Kier molecular flexibility index (Phi) is 5.52. The largest absolute Gasteiger partial charge is 0.376 e. The van der Waals surface area contributed by atoms with Gasteiger partial charge in [0.05, 0.1) is 0 Å². The summed E-state index contributed by atoms with van der Waals surface area (Å²) >= 11 is 0. The van der Waals surface area contributed by atoms with Crippen molar-refractivity contribution in [3.05, 3.63) is 47.1 Å². The first-order valence-electron chi connectivity index (χ1n) is 7.09. The summed E-state index contributed by atoms with van der Waals surface area (Å²) in [5, 5.41) is 9.58. The van der Waals surface area contributed by atoms with Gasteiger partial charge in [-0.1, -0.05) is 44.4 Å². The fraction of sp³-hybridized carbons (Fsp3) is 0.421. The minimum absolute atomic E-state index is 0.155. The molecule has 0 aliphatic heterocycles. The molecule has 0 bridgehead atoms. The van der Waals surface area contributed by atoms with Gasteiger partial charge in [0.25, 0.3) is 0 Å². The number of carbonyl (C=O) groups excluding carboxylic acids is 1. The number of ketones is 1. The van der Waals surface area contributed by atoms with Gasteiger partial charge in [0.15, 0.2) is 5.78 Å².